The predicted octanol–water partition coefficient (Wildman–Crippen LogP) is 2.68. The predicted molar refractivity (Wildman–Crippen MR) is 83.7 cm³/mol. The zero-order valence-electron chi connectivity index (χ0n) is 10.9. The van der Waals surface area contributed by atoms with Gasteiger partial charge in [0.2, 0.25) is 0 Å². The molecule has 0 saturated heterocycles. The highest BCUT2D eigenvalue weighted by Gasteiger charge is 2.16. The third-order valence-corrected chi connectivity index (χ3v) is 5.12. The molecule has 1 radical (unpaired) electrons. The topological polar surface area (TPSA) is 64.4 Å². The summed E-state index contributed by atoms with van der Waals surface area (Å²) >= 11 is 0. The fourth-order valence-electron chi connectivity index (χ4n) is 2.01. The minimum atomic E-state index is -0.318. The van der Waals surface area contributed by atoms with Gasteiger partial charge in [0.1, 0.15) is 0 Å². The average molecular weight is 262 g/mol. The number of aliphatic imine (C=N–C) groups is 1. The van der Waals surface area contributed by atoms with Gasteiger partial charge in [-0.05, 0) is 41.0 Å². The van der Waals surface area contributed by atoms with Crippen molar-refractivity contribution < 1.29 is 0 Å². The number of thiol groups is 1. The minimum absolute atomic E-state index is 0.318. The summed E-state index contributed by atoms with van der Waals surface area (Å²) in [6.07, 6.45) is 1.96. The number of hydrogen-bond donors (Lipinski definition) is 3. The number of anilines is 1. The highest BCUT2D eigenvalue weighted by Crippen LogP contribution is 2.45. The van der Waals surface area contributed by atoms with Crippen LogP contribution >= 0.6 is 10.9 Å². The molecule has 4 N–H and O–H groups in total. The van der Waals surface area contributed by atoms with Gasteiger partial charge in [0.05, 0.1) is 0 Å². The van der Waals surface area contributed by atoms with Crippen LogP contribution in [0.1, 0.15) is 25.0 Å². The summed E-state index contributed by atoms with van der Waals surface area (Å²) in [7, 11) is -0.318. The molecule has 2 rings (SSSR count). The molecule has 0 saturated carbocycles. The first-order valence-corrected chi connectivity index (χ1v) is 7.59. The molecule has 1 aliphatic rings. The fraction of sp³-hybridized carbons (Fsp3) is 0.286. The zero-order chi connectivity index (χ0) is 13.1. The van der Waals surface area contributed by atoms with Gasteiger partial charge in [-0.1, -0.05) is 13.8 Å². The molecule has 0 amide bonds. The van der Waals surface area contributed by atoms with E-state index in [9.17, 15) is 0 Å². The Kier molecular flexibility index (Phi) is 4.09. The Morgan fingerprint density at radius 2 is 2.06 bits per heavy atom. The maximum absolute atomic E-state index is 5.93. The number of nitrogens with zero attached hydrogens (tertiary/aromatic N) is 1. The van der Waals surface area contributed by atoms with Gasteiger partial charge in [-0.2, -0.15) is 10.9 Å². The van der Waals surface area contributed by atoms with E-state index in [4.69, 9.17) is 11.5 Å². The Bertz CT molecular complexity index is 492. The summed E-state index contributed by atoms with van der Waals surface area (Å²) in [6.45, 7) is 4.84. The molecule has 1 atom stereocenters. The van der Waals surface area contributed by atoms with Crippen molar-refractivity contribution in [1.82, 2.24) is 0 Å². The summed E-state index contributed by atoms with van der Waals surface area (Å²) in [5, 5.41) is 0. The van der Waals surface area contributed by atoms with E-state index >= 15 is 0 Å². The Hall–Kier alpha value is -1.26. The molecule has 1 aromatic rings. The standard InChI is InChI=1S/C14H20N3S/c1-10(2)8-18-9-17-7-14(18)12-3-11(6-15)4-13(16)5-12/h3-5,7,9,18H,6,8,15-16H2,1-2H3. The molecule has 1 heterocycles. The normalized spacial score (nSPS) is 20.4. The number of nitrogens with two attached hydrogens (primary N) is 2. The summed E-state index contributed by atoms with van der Waals surface area (Å²) in [5.41, 5.74) is 16.7. The van der Waals surface area contributed by atoms with E-state index in [2.05, 4.69) is 30.5 Å². The molecule has 97 valence electrons. The Balaban J connectivity index is 2.28. The highest BCUT2D eigenvalue weighted by molar-refractivity contribution is 8.36. The lowest BCUT2D eigenvalue weighted by molar-refractivity contribution is 1.07. The van der Waals surface area contributed by atoms with Crippen LogP contribution in [0, 0.1) is 5.92 Å². The van der Waals surface area contributed by atoms with E-state index in [0.717, 1.165) is 17.0 Å². The highest BCUT2D eigenvalue weighted by atomic mass is 32.2. The number of benzene rings is 1. The summed E-state index contributed by atoms with van der Waals surface area (Å²) < 4.78 is 0. The molecule has 0 aromatic heterocycles. The minimum Gasteiger partial charge on any atom is -0.399 e. The van der Waals surface area contributed by atoms with Crippen molar-refractivity contribution in [2.75, 3.05) is 11.5 Å². The van der Waals surface area contributed by atoms with E-state index in [-0.39, 0.29) is 10.9 Å². The van der Waals surface area contributed by atoms with E-state index in [0.29, 0.717) is 6.54 Å². The average Bonchev–Trinajstić information content (AvgIpc) is 2.75. The van der Waals surface area contributed by atoms with Gasteiger partial charge in [-0.15, -0.1) is 0 Å². The van der Waals surface area contributed by atoms with E-state index in [1.807, 2.05) is 18.3 Å². The molecule has 1 aromatic carbocycles. The maximum atomic E-state index is 5.93. The van der Waals surface area contributed by atoms with Crippen LogP contribution in [-0.2, 0) is 6.54 Å². The van der Waals surface area contributed by atoms with Crippen LogP contribution < -0.4 is 11.5 Å². The van der Waals surface area contributed by atoms with Crippen LogP contribution in [0.2, 0.25) is 0 Å². The molecule has 1 unspecified atom stereocenters. The molecule has 0 fully saturated rings. The molecule has 0 bridgehead atoms. The summed E-state index contributed by atoms with van der Waals surface area (Å²) in [4.78, 5) is 5.62. The van der Waals surface area contributed by atoms with Gasteiger partial charge in [0, 0.05) is 28.9 Å². The third kappa shape index (κ3) is 2.94. The second kappa shape index (κ2) is 5.59. The first-order valence-electron chi connectivity index (χ1n) is 5.99. The van der Waals surface area contributed by atoms with E-state index < -0.39 is 0 Å². The van der Waals surface area contributed by atoms with Crippen LogP contribution in [0.3, 0.4) is 0 Å². The molecular formula is C14H20N3S. The molecule has 18 heavy (non-hydrogen) atoms. The summed E-state index contributed by atoms with van der Waals surface area (Å²) in [5.74, 6) is 2.53. The molecule has 3 nitrogen and oxygen atoms in total. The smallest absolute Gasteiger partial charge is 0.0442 e. The van der Waals surface area contributed by atoms with Crippen molar-refractivity contribution in [3.05, 3.63) is 41.4 Å². The van der Waals surface area contributed by atoms with Crippen LogP contribution in [-0.4, -0.2) is 11.3 Å². The Morgan fingerprint density at radius 3 is 2.72 bits per heavy atom. The molecule has 0 aliphatic carbocycles. The van der Waals surface area contributed by atoms with Crippen molar-refractivity contribution in [2.24, 2.45) is 10.7 Å². The van der Waals surface area contributed by atoms with Crippen molar-refractivity contribution in [2.45, 2.75) is 20.4 Å². The third-order valence-electron chi connectivity index (χ3n) is 2.75. The van der Waals surface area contributed by atoms with Gasteiger partial charge >= 0.3 is 0 Å². The lowest BCUT2D eigenvalue weighted by Gasteiger charge is -2.19. The monoisotopic (exact) mass is 262 g/mol. The van der Waals surface area contributed by atoms with Gasteiger partial charge in [-0.25, -0.2) is 0 Å². The van der Waals surface area contributed by atoms with Crippen LogP contribution in [0.25, 0.3) is 4.91 Å². The second-order valence-corrected chi connectivity index (χ2v) is 6.75. The first-order chi connectivity index (χ1) is 8.60. The lowest BCUT2D eigenvalue weighted by atomic mass is 10.1. The summed E-state index contributed by atoms with van der Waals surface area (Å²) in [6, 6.07) is 6.07. The van der Waals surface area contributed by atoms with Crippen LogP contribution in [0.4, 0.5) is 5.69 Å². The van der Waals surface area contributed by atoms with E-state index in [1.54, 1.807) is 0 Å². The van der Waals surface area contributed by atoms with Crippen LogP contribution in [0.15, 0.2) is 29.4 Å². The SMILES string of the molecule is C[C](C)C[SH]1C=NC=C1c1cc(N)cc(CN)c1. The van der Waals surface area contributed by atoms with Gasteiger partial charge in [-0.3, -0.25) is 4.99 Å². The molecule has 1 aliphatic heterocycles. The van der Waals surface area contributed by atoms with E-state index in [1.165, 1.54) is 16.4 Å². The van der Waals surface area contributed by atoms with Crippen LogP contribution in [0.5, 0.6) is 0 Å². The molecule has 4 heteroatoms. The van der Waals surface area contributed by atoms with Gasteiger partial charge in [0.15, 0.2) is 0 Å². The van der Waals surface area contributed by atoms with Gasteiger partial charge < -0.3 is 11.5 Å². The van der Waals surface area contributed by atoms with Gasteiger partial charge in [0.25, 0.3) is 0 Å². The van der Waals surface area contributed by atoms with Crippen molar-refractivity contribution in [3.8, 4) is 0 Å². The molecule has 0 spiro atoms. The lowest BCUT2D eigenvalue weighted by Crippen LogP contribution is -2.01. The number of hydrogen-bond acceptors (Lipinski definition) is 3. The maximum Gasteiger partial charge on any atom is 0.0442 e. The largest absolute Gasteiger partial charge is 0.399 e. The first kappa shape index (κ1) is 13.2. The number of nitrogen functional groups attached to an aromatic ring is 1. The van der Waals surface area contributed by atoms with Crippen molar-refractivity contribution >= 4 is 27.0 Å². The second-order valence-electron chi connectivity index (χ2n) is 4.78. The van der Waals surface area contributed by atoms with Crippen molar-refractivity contribution in [1.29, 1.82) is 0 Å². The molecular weight excluding hydrogens is 242 g/mol. The number of rotatable bonds is 4. The Morgan fingerprint density at radius 1 is 1.28 bits per heavy atom. The Labute approximate surface area is 111 Å². The quantitative estimate of drug-likeness (QED) is 0.577. The van der Waals surface area contributed by atoms with Crippen molar-refractivity contribution in [3.63, 3.8) is 0 Å². The fourth-order valence-corrected chi connectivity index (χ4v) is 3.97. The zero-order valence-corrected chi connectivity index (χ0v) is 11.7.